The van der Waals surface area contributed by atoms with Crippen molar-refractivity contribution in [2.75, 3.05) is 26.7 Å². The molecular formula is C22H30N4O. The maximum Gasteiger partial charge on any atom is 0.122 e. The first kappa shape index (κ1) is 17.3. The monoisotopic (exact) mass is 366 g/mol. The van der Waals surface area contributed by atoms with E-state index in [1.165, 1.54) is 37.3 Å². The quantitative estimate of drug-likeness (QED) is 0.815. The van der Waals surface area contributed by atoms with Gasteiger partial charge in [0.15, 0.2) is 0 Å². The Balaban J connectivity index is 1.46. The van der Waals surface area contributed by atoms with Gasteiger partial charge >= 0.3 is 0 Å². The maximum atomic E-state index is 5.37. The molecule has 2 aromatic rings. The van der Waals surface area contributed by atoms with Gasteiger partial charge in [-0.2, -0.15) is 0 Å². The summed E-state index contributed by atoms with van der Waals surface area (Å²) in [7, 11) is 1.74. The summed E-state index contributed by atoms with van der Waals surface area (Å²) in [4.78, 5) is 10.2. The maximum absolute atomic E-state index is 5.37. The molecule has 5 heteroatoms. The molecule has 27 heavy (non-hydrogen) atoms. The zero-order valence-corrected chi connectivity index (χ0v) is 16.4. The molecule has 2 bridgehead atoms. The van der Waals surface area contributed by atoms with Gasteiger partial charge in [0.25, 0.3) is 0 Å². The third-order valence-corrected chi connectivity index (χ3v) is 7.12. The Labute approximate surface area is 161 Å². The van der Waals surface area contributed by atoms with E-state index in [4.69, 9.17) is 4.74 Å². The highest BCUT2D eigenvalue weighted by atomic mass is 16.5. The first-order valence-corrected chi connectivity index (χ1v) is 10.4. The van der Waals surface area contributed by atoms with Crippen LogP contribution in [0.2, 0.25) is 0 Å². The number of aryl methyl sites for hydroxylation is 1. The van der Waals surface area contributed by atoms with Crippen LogP contribution in [0.1, 0.15) is 37.1 Å². The molecule has 144 valence electrons. The summed E-state index contributed by atoms with van der Waals surface area (Å²) in [5.41, 5.74) is 1.46. The van der Waals surface area contributed by atoms with Crippen molar-refractivity contribution in [3.63, 3.8) is 0 Å². The van der Waals surface area contributed by atoms with Gasteiger partial charge in [-0.1, -0.05) is 12.1 Å². The summed E-state index contributed by atoms with van der Waals surface area (Å²) in [6.07, 6.45) is 6.77. The van der Waals surface area contributed by atoms with E-state index < -0.39 is 0 Å². The highest BCUT2D eigenvalue weighted by molar-refractivity contribution is 5.33. The lowest BCUT2D eigenvalue weighted by Crippen LogP contribution is -2.60. The summed E-state index contributed by atoms with van der Waals surface area (Å²) >= 11 is 0. The largest absolute Gasteiger partial charge is 0.497 e. The SMILES string of the molecule is CCn1ccnc1CN1C[C@H](c2ccc(OC)cc2)[C@H]2[C@@H]1C1CCN2CC1. The molecule has 0 radical (unpaired) electrons. The van der Waals surface area contributed by atoms with Crippen molar-refractivity contribution in [1.82, 2.24) is 19.4 Å². The number of likely N-dealkylation sites (tertiary alicyclic amines) is 1. The van der Waals surface area contributed by atoms with Crippen LogP contribution in [0.15, 0.2) is 36.7 Å². The summed E-state index contributed by atoms with van der Waals surface area (Å²) in [5, 5.41) is 0. The van der Waals surface area contributed by atoms with Crippen molar-refractivity contribution in [1.29, 1.82) is 0 Å². The molecule has 6 rings (SSSR count). The zero-order valence-electron chi connectivity index (χ0n) is 16.4. The average molecular weight is 367 g/mol. The topological polar surface area (TPSA) is 33.5 Å². The summed E-state index contributed by atoms with van der Waals surface area (Å²) in [6.45, 7) is 7.84. The van der Waals surface area contributed by atoms with Crippen LogP contribution in [0.25, 0.3) is 0 Å². The minimum absolute atomic E-state index is 0.578. The number of rotatable bonds is 5. The fourth-order valence-electron chi connectivity index (χ4n) is 5.83. The van der Waals surface area contributed by atoms with Crippen LogP contribution in [0.5, 0.6) is 5.75 Å². The number of benzene rings is 1. The van der Waals surface area contributed by atoms with Gasteiger partial charge in [0.05, 0.1) is 13.7 Å². The first-order chi connectivity index (χ1) is 13.3. The molecule has 1 aromatic heterocycles. The zero-order chi connectivity index (χ0) is 18.4. The van der Waals surface area contributed by atoms with Gasteiger partial charge in [-0.15, -0.1) is 0 Å². The predicted octanol–water partition coefficient (Wildman–Crippen LogP) is 2.97. The molecular weight excluding hydrogens is 336 g/mol. The molecule has 4 fully saturated rings. The van der Waals surface area contributed by atoms with E-state index in [9.17, 15) is 0 Å². The lowest BCUT2D eigenvalue weighted by molar-refractivity contribution is -0.00952. The van der Waals surface area contributed by atoms with Crippen LogP contribution in [0, 0.1) is 5.92 Å². The van der Waals surface area contributed by atoms with E-state index in [2.05, 4.69) is 56.7 Å². The lowest BCUT2D eigenvalue weighted by atomic mass is 9.75. The van der Waals surface area contributed by atoms with E-state index in [1.54, 1.807) is 7.11 Å². The summed E-state index contributed by atoms with van der Waals surface area (Å²) in [6, 6.07) is 10.1. The van der Waals surface area contributed by atoms with Crippen molar-refractivity contribution in [2.24, 2.45) is 5.92 Å². The number of hydrogen-bond donors (Lipinski definition) is 0. The third kappa shape index (κ3) is 2.88. The summed E-state index contributed by atoms with van der Waals surface area (Å²) in [5.74, 6) is 3.58. The second-order valence-electron chi connectivity index (χ2n) is 8.29. The van der Waals surface area contributed by atoms with Crippen molar-refractivity contribution in [3.8, 4) is 5.75 Å². The van der Waals surface area contributed by atoms with Gasteiger partial charge < -0.3 is 9.30 Å². The number of aromatic nitrogens is 2. The molecule has 0 unspecified atom stereocenters. The van der Waals surface area contributed by atoms with E-state index in [-0.39, 0.29) is 0 Å². The molecule has 0 N–H and O–H groups in total. The fourth-order valence-corrected chi connectivity index (χ4v) is 5.83. The molecule has 4 aliphatic rings. The molecule has 0 spiro atoms. The predicted molar refractivity (Wildman–Crippen MR) is 106 cm³/mol. The van der Waals surface area contributed by atoms with E-state index >= 15 is 0 Å². The van der Waals surface area contributed by atoms with Crippen LogP contribution in [0.3, 0.4) is 0 Å². The standard InChI is InChI=1S/C22H30N4O/c1-3-24-13-10-23-20(24)15-26-14-19(16-4-6-18(27-2)7-5-16)22-21(26)17-8-11-25(22)12-9-17/h4-7,10,13,17,19,21-22H,3,8-9,11-12,14-15H2,1-2H3/t19-,21+,22+/m1/s1. The van der Waals surface area contributed by atoms with Crippen LogP contribution in [-0.2, 0) is 13.1 Å². The Hall–Kier alpha value is -1.85. The van der Waals surface area contributed by atoms with Crippen LogP contribution in [0.4, 0.5) is 0 Å². The van der Waals surface area contributed by atoms with Gasteiger partial charge in [0, 0.05) is 43.5 Å². The highest BCUT2D eigenvalue weighted by Gasteiger charge is 2.53. The van der Waals surface area contributed by atoms with Crippen molar-refractivity contribution in [3.05, 3.63) is 48.0 Å². The molecule has 4 saturated heterocycles. The molecule has 0 amide bonds. The third-order valence-electron chi connectivity index (χ3n) is 7.12. The van der Waals surface area contributed by atoms with Crippen molar-refractivity contribution in [2.45, 2.75) is 50.9 Å². The molecule has 5 nitrogen and oxygen atoms in total. The van der Waals surface area contributed by atoms with Crippen LogP contribution < -0.4 is 4.74 Å². The molecule has 4 aliphatic heterocycles. The normalized spacial score (nSPS) is 32.6. The average Bonchev–Trinajstić information content (AvgIpc) is 3.35. The van der Waals surface area contributed by atoms with Gasteiger partial charge in [-0.05, 0) is 56.5 Å². The summed E-state index contributed by atoms with van der Waals surface area (Å²) < 4.78 is 7.66. The number of imidazole rings is 1. The Morgan fingerprint density at radius 1 is 1.11 bits per heavy atom. The Bertz CT molecular complexity index is 778. The number of ether oxygens (including phenoxy) is 1. The van der Waals surface area contributed by atoms with Gasteiger partial charge in [-0.25, -0.2) is 4.98 Å². The molecule has 5 heterocycles. The lowest BCUT2D eigenvalue weighted by Gasteiger charge is -2.51. The minimum Gasteiger partial charge on any atom is -0.497 e. The molecule has 0 saturated carbocycles. The van der Waals surface area contributed by atoms with Crippen LogP contribution >= 0.6 is 0 Å². The van der Waals surface area contributed by atoms with E-state index in [1.807, 2.05) is 6.20 Å². The number of nitrogens with zero attached hydrogens (tertiary/aromatic N) is 4. The number of piperidine rings is 3. The van der Waals surface area contributed by atoms with Gasteiger partial charge in [0.1, 0.15) is 11.6 Å². The Kier molecular flexibility index (Phi) is 4.44. The van der Waals surface area contributed by atoms with E-state index in [0.717, 1.165) is 31.3 Å². The van der Waals surface area contributed by atoms with Crippen molar-refractivity contribution < 1.29 is 4.74 Å². The molecule has 3 atom stereocenters. The van der Waals surface area contributed by atoms with Gasteiger partial charge in [0.2, 0.25) is 0 Å². The van der Waals surface area contributed by atoms with Crippen LogP contribution in [-0.4, -0.2) is 58.2 Å². The fraction of sp³-hybridized carbons (Fsp3) is 0.591. The second kappa shape index (κ2) is 6.95. The van der Waals surface area contributed by atoms with E-state index in [0.29, 0.717) is 18.0 Å². The first-order valence-electron chi connectivity index (χ1n) is 10.4. The minimum atomic E-state index is 0.578. The Morgan fingerprint density at radius 2 is 1.89 bits per heavy atom. The number of hydrogen-bond acceptors (Lipinski definition) is 4. The second-order valence-corrected chi connectivity index (χ2v) is 8.29. The van der Waals surface area contributed by atoms with Gasteiger partial charge in [-0.3, -0.25) is 9.80 Å². The molecule has 0 aliphatic carbocycles. The molecule has 1 aromatic carbocycles. The van der Waals surface area contributed by atoms with Crippen molar-refractivity contribution >= 4 is 0 Å². The number of fused-ring (bicyclic) bond motifs is 2. The highest BCUT2D eigenvalue weighted by Crippen LogP contribution is 2.47. The Morgan fingerprint density at radius 3 is 2.59 bits per heavy atom. The smallest absolute Gasteiger partial charge is 0.122 e. The number of methoxy groups -OCH3 is 1.